The fourth-order valence-corrected chi connectivity index (χ4v) is 2.93. The molecule has 0 bridgehead atoms. The maximum absolute atomic E-state index is 12.6. The second kappa shape index (κ2) is 4.77. The van der Waals surface area contributed by atoms with Gasteiger partial charge in [-0.05, 0) is 33.7 Å². The van der Waals surface area contributed by atoms with Crippen molar-refractivity contribution in [1.29, 1.82) is 0 Å². The zero-order valence-corrected chi connectivity index (χ0v) is 12.4. The summed E-state index contributed by atoms with van der Waals surface area (Å²) in [7, 11) is 2.10. The molecule has 1 aliphatic heterocycles. The number of hydrogen-bond donors (Lipinski definition) is 2. The maximum atomic E-state index is 12.6. The molecule has 2 unspecified atom stereocenters. The number of likely N-dealkylation sites (N-methyl/N-ethyl adjacent to an activating group) is 1. The number of rotatable bonds is 2. The first-order valence-corrected chi connectivity index (χ1v) is 7.34. The Balaban J connectivity index is 1.78. The molecule has 0 radical (unpaired) electrons. The van der Waals surface area contributed by atoms with E-state index < -0.39 is 0 Å². The number of aromatic amines is 1. The van der Waals surface area contributed by atoms with Gasteiger partial charge in [0.15, 0.2) is 5.69 Å². The van der Waals surface area contributed by atoms with Crippen LogP contribution in [0.1, 0.15) is 48.8 Å². The largest absolute Gasteiger partial charge is 0.395 e. The highest BCUT2D eigenvalue weighted by Gasteiger charge is 2.34. The number of hydrogen-bond acceptors (Lipinski definition) is 4. The van der Waals surface area contributed by atoms with Crippen molar-refractivity contribution in [1.82, 2.24) is 20.0 Å². The summed E-state index contributed by atoms with van der Waals surface area (Å²) in [4.78, 5) is 16.8. The standard InChI is InChI=1S/C14H23N5O/c1-8-6-19(7-9(2)18(8)3)14(20)13-11(15)12(16-17-13)10-4-5-10/h8-10H,4-7,15H2,1-3H3,(H,16,17). The Kier molecular flexibility index (Phi) is 3.20. The van der Waals surface area contributed by atoms with Crippen LogP contribution in [0, 0.1) is 0 Å². The Morgan fingerprint density at radius 1 is 1.30 bits per heavy atom. The fraction of sp³-hybridized carbons (Fsp3) is 0.714. The molecule has 1 amide bonds. The third-order valence-corrected chi connectivity index (χ3v) is 4.67. The summed E-state index contributed by atoms with van der Waals surface area (Å²) in [5.74, 6) is 0.437. The Morgan fingerprint density at radius 2 is 1.90 bits per heavy atom. The molecule has 1 aromatic heterocycles. The van der Waals surface area contributed by atoms with Gasteiger partial charge in [-0.25, -0.2) is 0 Å². The van der Waals surface area contributed by atoms with Crippen molar-refractivity contribution in [3.8, 4) is 0 Å². The van der Waals surface area contributed by atoms with Crippen molar-refractivity contribution in [2.75, 3.05) is 25.9 Å². The number of carbonyl (C=O) groups is 1. The Morgan fingerprint density at radius 3 is 2.45 bits per heavy atom. The molecule has 110 valence electrons. The number of amides is 1. The fourth-order valence-electron chi connectivity index (χ4n) is 2.93. The van der Waals surface area contributed by atoms with Gasteiger partial charge >= 0.3 is 0 Å². The number of aromatic nitrogens is 2. The molecular formula is C14H23N5O. The second-order valence-corrected chi connectivity index (χ2v) is 6.25. The smallest absolute Gasteiger partial charge is 0.276 e. The number of nitrogens with one attached hydrogen (secondary N) is 1. The number of piperazine rings is 1. The Hall–Kier alpha value is -1.56. The quantitative estimate of drug-likeness (QED) is 0.846. The summed E-state index contributed by atoms with van der Waals surface area (Å²) in [5, 5.41) is 7.12. The average Bonchev–Trinajstić information content (AvgIpc) is 3.18. The van der Waals surface area contributed by atoms with E-state index in [2.05, 4.69) is 36.0 Å². The Labute approximate surface area is 119 Å². The van der Waals surface area contributed by atoms with Gasteiger partial charge in [0, 0.05) is 31.1 Å². The van der Waals surface area contributed by atoms with Gasteiger partial charge in [-0.3, -0.25) is 14.8 Å². The van der Waals surface area contributed by atoms with Gasteiger partial charge in [0.1, 0.15) is 0 Å². The minimum atomic E-state index is -0.0440. The highest BCUT2D eigenvalue weighted by atomic mass is 16.2. The number of anilines is 1. The van der Waals surface area contributed by atoms with Crippen LogP contribution in [-0.4, -0.2) is 58.1 Å². The summed E-state index contributed by atoms with van der Waals surface area (Å²) < 4.78 is 0. The predicted molar refractivity (Wildman–Crippen MR) is 77.6 cm³/mol. The van der Waals surface area contributed by atoms with E-state index in [1.807, 2.05) is 4.90 Å². The maximum Gasteiger partial charge on any atom is 0.276 e. The van der Waals surface area contributed by atoms with Crippen LogP contribution in [0.3, 0.4) is 0 Å². The van der Waals surface area contributed by atoms with Gasteiger partial charge in [-0.15, -0.1) is 0 Å². The highest BCUT2D eigenvalue weighted by molar-refractivity contribution is 5.97. The SMILES string of the molecule is CC1CN(C(=O)c2n[nH]c(C3CC3)c2N)CC(C)N1C. The summed E-state index contributed by atoms with van der Waals surface area (Å²) in [5.41, 5.74) is 8.00. The molecule has 1 saturated heterocycles. The molecule has 6 nitrogen and oxygen atoms in total. The molecule has 3 N–H and O–H groups in total. The van der Waals surface area contributed by atoms with E-state index in [4.69, 9.17) is 5.73 Å². The molecule has 1 aromatic rings. The van der Waals surface area contributed by atoms with Crippen molar-refractivity contribution in [3.05, 3.63) is 11.4 Å². The van der Waals surface area contributed by atoms with Gasteiger partial charge in [0.2, 0.25) is 0 Å². The van der Waals surface area contributed by atoms with E-state index in [0.29, 0.717) is 29.4 Å². The topological polar surface area (TPSA) is 78.2 Å². The van der Waals surface area contributed by atoms with Crippen LogP contribution < -0.4 is 5.73 Å². The monoisotopic (exact) mass is 277 g/mol. The molecule has 0 aromatic carbocycles. The molecule has 2 heterocycles. The summed E-state index contributed by atoms with van der Waals surface area (Å²) >= 11 is 0. The molecule has 2 fully saturated rings. The zero-order valence-electron chi connectivity index (χ0n) is 12.4. The normalized spacial score (nSPS) is 27.9. The minimum Gasteiger partial charge on any atom is -0.395 e. The predicted octanol–water partition coefficient (Wildman–Crippen LogP) is 1.03. The van der Waals surface area contributed by atoms with Crippen LogP contribution in [0.2, 0.25) is 0 Å². The molecule has 1 saturated carbocycles. The van der Waals surface area contributed by atoms with Gasteiger partial charge < -0.3 is 10.6 Å². The zero-order chi connectivity index (χ0) is 14.4. The number of nitrogen functional groups attached to an aromatic ring is 1. The van der Waals surface area contributed by atoms with E-state index in [-0.39, 0.29) is 5.91 Å². The van der Waals surface area contributed by atoms with Crippen LogP contribution in [-0.2, 0) is 0 Å². The van der Waals surface area contributed by atoms with Crippen molar-refractivity contribution >= 4 is 11.6 Å². The van der Waals surface area contributed by atoms with Crippen molar-refractivity contribution in [3.63, 3.8) is 0 Å². The lowest BCUT2D eigenvalue weighted by Crippen LogP contribution is -2.56. The third-order valence-electron chi connectivity index (χ3n) is 4.67. The number of nitrogens with two attached hydrogens (primary N) is 1. The molecule has 20 heavy (non-hydrogen) atoms. The van der Waals surface area contributed by atoms with Crippen LogP contribution in [0.5, 0.6) is 0 Å². The van der Waals surface area contributed by atoms with Crippen LogP contribution in [0.25, 0.3) is 0 Å². The van der Waals surface area contributed by atoms with E-state index in [1.165, 1.54) is 0 Å². The third kappa shape index (κ3) is 2.18. The van der Waals surface area contributed by atoms with Crippen LogP contribution in [0.4, 0.5) is 5.69 Å². The second-order valence-electron chi connectivity index (χ2n) is 6.25. The lowest BCUT2D eigenvalue weighted by molar-refractivity contribution is 0.0410. The summed E-state index contributed by atoms with van der Waals surface area (Å²) in [6.07, 6.45) is 2.28. The van der Waals surface area contributed by atoms with Crippen LogP contribution in [0.15, 0.2) is 0 Å². The molecule has 2 atom stereocenters. The lowest BCUT2D eigenvalue weighted by atomic mass is 10.1. The molecule has 3 rings (SSSR count). The molecule has 6 heteroatoms. The minimum absolute atomic E-state index is 0.0440. The summed E-state index contributed by atoms with van der Waals surface area (Å²) in [6, 6.07) is 0.705. The molecule has 2 aliphatic rings. The molecular weight excluding hydrogens is 254 g/mol. The first kappa shape index (κ1) is 13.4. The van der Waals surface area contributed by atoms with Gasteiger partial charge in [-0.1, -0.05) is 0 Å². The van der Waals surface area contributed by atoms with Crippen molar-refractivity contribution in [2.24, 2.45) is 0 Å². The molecule has 0 spiro atoms. The van der Waals surface area contributed by atoms with Crippen molar-refractivity contribution in [2.45, 2.75) is 44.7 Å². The molecule has 1 aliphatic carbocycles. The van der Waals surface area contributed by atoms with Crippen LogP contribution >= 0.6 is 0 Å². The van der Waals surface area contributed by atoms with Gasteiger partial charge in [0.05, 0.1) is 11.4 Å². The van der Waals surface area contributed by atoms with E-state index in [0.717, 1.165) is 31.6 Å². The highest BCUT2D eigenvalue weighted by Crippen LogP contribution is 2.42. The van der Waals surface area contributed by atoms with Crippen molar-refractivity contribution < 1.29 is 4.79 Å². The summed E-state index contributed by atoms with van der Waals surface area (Å²) in [6.45, 7) is 5.73. The number of nitrogens with zero attached hydrogens (tertiary/aromatic N) is 3. The first-order valence-electron chi connectivity index (χ1n) is 7.34. The number of H-pyrrole nitrogens is 1. The lowest BCUT2D eigenvalue weighted by Gasteiger charge is -2.42. The first-order chi connectivity index (χ1) is 9.49. The van der Waals surface area contributed by atoms with E-state index >= 15 is 0 Å². The van der Waals surface area contributed by atoms with Gasteiger partial charge in [-0.2, -0.15) is 5.10 Å². The Bertz CT molecular complexity index is 510. The van der Waals surface area contributed by atoms with E-state index in [9.17, 15) is 4.79 Å². The van der Waals surface area contributed by atoms with Gasteiger partial charge in [0.25, 0.3) is 5.91 Å². The number of carbonyl (C=O) groups excluding carboxylic acids is 1. The van der Waals surface area contributed by atoms with E-state index in [1.54, 1.807) is 0 Å². The average molecular weight is 277 g/mol.